The van der Waals surface area contributed by atoms with Crippen LogP contribution in [-0.4, -0.2) is 45.9 Å². The van der Waals surface area contributed by atoms with E-state index in [1.165, 1.54) is 33.0 Å². The molecule has 1 aromatic rings. The van der Waals surface area contributed by atoms with Gasteiger partial charge in [-0.15, -0.1) is 0 Å². The van der Waals surface area contributed by atoms with Gasteiger partial charge in [0.2, 0.25) is 10.5 Å². The zero-order valence-electron chi connectivity index (χ0n) is 19.3. The number of aryl methyl sites for hydroxylation is 1. The fraction of sp³-hybridized carbons (Fsp3) is 0.579. The largest absolute Gasteiger partial charge is 0.636 e. The van der Waals surface area contributed by atoms with Crippen molar-refractivity contribution in [3.8, 4) is 0 Å². The van der Waals surface area contributed by atoms with E-state index in [-0.39, 0.29) is 9.76 Å². The second-order valence-electron chi connectivity index (χ2n) is 9.17. The lowest BCUT2D eigenvalue weighted by Crippen LogP contribution is -2.59. The molecule has 1 rings (SSSR count). The van der Waals surface area contributed by atoms with Crippen molar-refractivity contribution in [1.29, 1.82) is 0 Å². The van der Waals surface area contributed by atoms with Crippen molar-refractivity contribution in [2.24, 2.45) is 0 Å². The minimum atomic E-state index is -3.27. The molecule has 0 fully saturated rings. The molecule has 155 valence electrons. The lowest BCUT2D eigenvalue weighted by molar-refractivity contribution is 0.165. The molecule has 4 nitrogen and oxygen atoms in total. The Morgan fingerprint density at radius 2 is 1.36 bits per heavy atom. The van der Waals surface area contributed by atoms with Crippen molar-refractivity contribution >= 4 is 51.5 Å². The van der Waals surface area contributed by atoms with Gasteiger partial charge in [-0.1, -0.05) is 17.3 Å². The minimum absolute atomic E-state index is 0.112. The van der Waals surface area contributed by atoms with Crippen LogP contribution in [0.3, 0.4) is 0 Å². The second kappa shape index (κ2) is 9.79. The van der Waals surface area contributed by atoms with Crippen LogP contribution in [0, 0.1) is 20.8 Å². The van der Waals surface area contributed by atoms with Gasteiger partial charge in [0.25, 0.3) is 9.76 Å². The molecule has 0 bridgehead atoms. The first-order chi connectivity index (χ1) is 12.6. The fourth-order valence-electron chi connectivity index (χ4n) is 2.65. The highest BCUT2D eigenvalue weighted by Crippen LogP contribution is 2.27. The van der Waals surface area contributed by atoms with Crippen LogP contribution in [-0.2, 0) is 16.5 Å². The Balaban J connectivity index is 3.17. The molecule has 0 atom stereocenters. The van der Waals surface area contributed by atoms with Gasteiger partial charge in [0.1, 0.15) is 0 Å². The molecule has 0 aliphatic carbocycles. The summed E-state index contributed by atoms with van der Waals surface area (Å²) in [7, 11) is -3.81. The van der Waals surface area contributed by atoms with E-state index in [0.717, 1.165) is 0 Å². The average molecular weight is 468 g/mol. The molecule has 1 aromatic carbocycles. The third kappa shape index (κ3) is 7.61. The zero-order chi connectivity index (χ0) is 21.9. The third-order valence-electron chi connectivity index (χ3n) is 4.34. The summed E-state index contributed by atoms with van der Waals surface area (Å²) < 4.78 is 24.6. The summed E-state index contributed by atoms with van der Waals surface area (Å²) in [5.74, 6) is 0. The van der Waals surface area contributed by atoms with E-state index < -0.39 is 25.7 Å². The summed E-state index contributed by atoms with van der Waals surface area (Å²) in [6, 6.07) is 4.38. The van der Waals surface area contributed by atoms with E-state index in [2.05, 4.69) is 96.5 Å². The number of allylic oxidation sites excluding steroid dienone is 2. The number of benzene rings is 1. The molecule has 0 unspecified atom stereocenters. The van der Waals surface area contributed by atoms with Gasteiger partial charge in [0.15, 0.2) is 16.6 Å². The lowest BCUT2D eigenvalue weighted by atomic mass is 9.94. The van der Waals surface area contributed by atoms with Crippen molar-refractivity contribution in [2.75, 3.05) is 0 Å². The van der Waals surface area contributed by atoms with Crippen LogP contribution >= 0.6 is 0 Å². The van der Waals surface area contributed by atoms with E-state index in [1.54, 1.807) is 0 Å². The normalized spacial score (nSPS) is 14.3. The van der Waals surface area contributed by atoms with Gasteiger partial charge < -0.3 is 16.5 Å². The fourth-order valence-corrected chi connectivity index (χ4v) is 13.3. The summed E-state index contributed by atoms with van der Waals surface area (Å²) in [6.45, 7) is 23.5. The first-order valence-corrected chi connectivity index (χ1v) is 19.3. The molecule has 0 heterocycles. The maximum atomic E-state index is 6.33. The second-order valence-corrected chi connectivity index (χ2v) is 22.8. The predicted molar refractivity (Wildman–Crippen MR) is 127 cm³/mol. The van der Waals surface area contributed by atoms with Crippen LogP contribution in [0.1, 0.15) is 36.1 Å². The van der Waals surface area contributed by atoms with Gasteiger partial charge in [-0.05, 0) is 102 Å². The van der Waals surface area contributed by atoms with Crippen LogP contribution in [0.4, 0.5) is 0 Å². The van der Waals surface area contributed by atoms with E-state index >= 15 is 0 Å². The SMILES string of the molecule is CC([Si]O[Si](O[Si])(O[Si](C)(C)C)O[Si](C)(C)C)=C(C)c1ccc(C)c(C)c1C. The summed E-state index contributed by atoms with van der Waals surface area (Å²) in [5, 5.41) is 1.17. The maximum Gasteiger partial charge on any atom is 0.636 e. The summed E-state index contributed by atoms with van der Waals surface area (Å²) in [6.07, 6.45) is 0. The Bertz CT molecular complexity index is 704. The van der Waals surface area contributed by atoms with Gasteiger partial charge in [-0.2, -0.15) is 0 Å². The summed E-state index contributed by atoms with van der Waals surface area (Å²) in [4.78, 5) is 0. The molecule has 0 amide bonds. The highest BCUT2D eigenvalue weighted by atomic mass is 28.5. The summed E-state index contributed by atoms with van der Waals surface area (Å²) in [5.41, 5.74) is 6.47. The predicted octanol–water partition coefficient (Wildman–Crippen LogP) is 5.24. The van der Waals surface area contributed by atoms with Gasteiger partial charge in [0, 0.05) is 0 Å². The minimum Gasteiger partial charge on any atom is -0.396 e. The highest BCUT2D eigenvalue weighted by Gasteiger charge is 2.50. The highest BCUT2D eigenvalue weighted by molar-refractivity contribution is 6.85. The first-order valence-electron chi connectivity index (χ1n) is 9.54. The molecule has 0 aliphatic rings. The quantitative estimate of drug-likeness (QED) is 0.466. The Hall–Kier alpha value is -0.116. The molecule has 5 radical (unpaired) electrons. The molecule has 0 spiro atoms. The monoisotopic (exact) mass is 467 g/mol. The lowest BCUT2D eigenvalue weighted by Gasteiger charge is -2.37. The molecule has 0 saturated heterocycles. The van der Waals surface area contributed by atoms with Crippen molar-refractivity contribution in [3.63, 3.8) is 0 Å². The molecule has 0 aromatic heterocycles. The molecular weight excluding hydrogens is 433 g/mol. The van der Waals surface area contributed by atoms with Gasteiger partial charge in [-0.3, -0.25) is 0 Å². The van der Waals surface area contributed by atoms with E-state index in [9.17, 15) is 0 Å². The van der Waals surface area contributed by atoms with Crippen molar-refractivity contribution < 1.29 is 16.5 Å². The Morgan fingerprint density at radius 1 is 0.857 bits per heavy atom. The number of hydrogen-bond donors (Lipinski definition) is 0. The number of hydrogen-bond acceptors (Lipinski definition) is 4. The van der Waals surface area contributed by atoms with E-state index in [4.69, 9.17) is 16.5 Å². The van der Waals surface area contributed by atoms with Crippen LogP contribution in [0.2, 0.25) is 39.3 Å². The standard InChI is InChI=1S/C19H35O4Si5/c1-14-12-13-19(16(3)15(14)2)17(4)18(5)25-21-28(20-24,22-26(6,7)8)23-27(9,10)11/h12-13H,1-11H3. The van der Waals surface area contributed by atoms with Gasteiger partial charge in [-0.25, -0.2) is 0 Å². The van der Waals surface area contributed by atoms with E-state index in [1.807, 2.05) is 0 Å². The van der Waals surface area contributed by atoms with Gasteiger partial charge >= 0.3 is 9.05 Å². The molecule has 0 aliphatic heterocycles. The average Bonchev–Trinajstić information content (AvgIpc) is 2.54. The Morgan fingerprint density at radius 3 is 1.79 bits per heavy atom. The molecule has 0 N–H and O–H groups in total. The van der Waals surface area contributed by atoms with Gasteiger partial charge in [0.05, 0.1) is 0 Å². The number of rotatable bonds is 9. The van der Waals surface area contributed by atoms with E-state index in [0.29, 0.717) is 0 Å². The Kier molecular flexibility index (Phi) is 9.07. The molecular formula is C19H35O4Si5. The van der Waals surface area contributed by atoms with Crippen molar-refractivity contribution in [2.45, 2.75) is 73.9 Å². The van der Waals surface area contributed by atoms with Crippen molar-refractivity contribution in [3.05, 3.63) is 39.6 Å². The smallest absolute Gasteiger partial charge is 0.396 e. The molecule has 0 saturated carbocycles. The molecule has 28 heavy (non-hydrogen) atoms. The maximum absolute atomic E-state index is 6.33. The van der Waals surface area contributed by atoms with Crippen LogP contribution in [0.15, 0.2) is 17.3 Å². The topological polar surface area (TPSA) is 36.9 Å². The van der Waals surface area contributed by atoms with Crippen LogP contribution < -0.4 is 0 Å². The van der Waals surface area contributed by atoms with Crippen LogP contribution in [0.25, 0.3) is 5.57 Å². The zero-order valence-corrected chi connectivity index (χ0v) is 24.3. The first kappa shape index (κ1) is 25.9. The third-order valence-corrected chi connectivity index (χ3v) is 14.3. The summed E-state index contributed by atoms with van der Waals surface area (Å²) >= 11 is 0. The Labute approximate surface area is 181 Å². The van der Waals surface area contributed by atoms with Crippen molar-refractivity contribution in [1.82, 2.24) is 0 Å². The van der Waals surface area contributed by atoms with Crippen LogP contribution in [0.5, 0.6) is 0 Å². The molecule has 9 heteroatoms.